The van der Waals surface area contributed by atoms with E-state index in [1.54, 1.807) is 39.1 Å². The Morgan fingerprint density at radius 2 is 1.96 bits per heavy atom. The Bertz CT molecular complexity index is 954. The maximum atomic E-state index is 11.9. The number of amides is 1. The standard InChI is InChI=1S/C19H19ClN4O3S/c1-19(2,3)27-17(25)22-15-10-13(8-9-21-15)16-23-24-18(26-16)28-11-12-4-6-14(20)7-5-12/h4-10H,11H2,1-3H3,(H,21,22,25). The van der Waals surface area contributed by atoms with Crippen LogP contribution in [0.5, 0.6) is 0 Å². The van der Waals surface area contributed by atoms with Crippen LogP contribution in [0.1, 0.15) is 26.3 Å². The summed E-state index contributed by atoms with van der Waals surface area (Å²) in [4.78, 5) is 16.0. The highest BCUT2D eigenvalue weighted by atomic mass is 35.5. The number of ether oxygens (including phenoxy) is 1. The number of hydrogen-bond acceptors (Lipinski definition) is 7. The van der Waals surface area contributed by atoms with Gasteiger partial charge in [-0.05, 0) is 50.6 Å². The smallest absolute Gasteiger partial charge is 0.413 e. The van der Waals surface area contributed by atoms with Gasteiger partial charge < -0.3 is 9.15 Å². The van der Waals surface area contributed by atoms with Crippen molar-refractivity contribution in [1.82, 2.24) is 15.2 Å². The van der Waals surface area contributed by atoms with Gasteiger partial charge in [-0.1, -0.05) is 35.5 Å². The van der Waals surface area contributed by atoms with Gasteiger partial charge in [-0.3, -0.25) is 5.32 Å². The van der Waals surface area contributed by atoms with E-state index in [4.69, 9.17) is 20.8 Å². The van der Waals surface area contributed by atoms with Gasteiger partial charge in [-0.2, -0.15) is 0 Å². The second-order valence-corrected chi connectivity index (χ2v) is 8.21. The molecule has 9 heteroatoms. The fourth-order valence-electron chi connectivity index (χ4n) is 2.15. The van der Waals surface area contributed by atoms with Crippen LogP contribution in [-0.2, 0) is 10.5 Å². The fourth-order valence-corrected chi connectivity index (χ4v) is 3.00. The van der Waals surface area contributed by atoms with E-state index < -0.39 is 11.7 Å². The number of hydrogen-bond donors (Lipinski definition) is 1. The molecule has 0 saturated carbocycles. The third-order valence-corrected chi connectivity index (χ3v) is 4.46. The number of carbonyl (C=O) groups excluding carboxylic acids is 1. The quantitative estimate of drug-likeness (QED) is 0.553. The normalized spacial score (nSPS) is 11.3. The molecule has 0 saturated heterocycles. The molecule has 1 amide bonds. The average molecular weight is 419 g/mol. The van der Waals surface area contributed by atoms with Gasteiger partial charge in [0.2, 0.25) is 5.89 Å². The number of aromatic nitrogens is 3. The highest BCUT2D eigenvalue weighted by Gasteiger charge is 2.17. The van der Waals surface area contributed by atoms with Crippen molar-refractivity contribution in [1.29, 1.82) is 0 Å². The average Bonchev–Trinajstić information content (AvgIpc) is 3.09. The molecule has 0 aliphatic heterocycles. The summed E-state index contributed by atoms with van der Waals surface area (Å²) in [7, 11) is 0. The molecule has 2 heterocycles. The SMILES string of the molecule is CC(C)(C)OC(=O)Nc1cc(-c2nnc(SCc3ccc(Cl)cc3)o2)ccn1. The Morgan fingerprint density at radius 1 is 1.21 bits per heavy atom. The molecule has 0 spiro atoms. The van der Waals surface area contributed by atoms with Crippen LogP contribution in [0.3, 0.4) is 0 Å². The summed E-state index contributed by atoms with van der Waals surface area (Å²) in [6, 6.07) is 10.9. The van der Waals surface area contributed by atoms with Gasteiger partial charge in [0.15, 0.2) is 0 Å². The monoisotopic (exact) mass is 418 g/mol. The van der Waals surface area contributed by atoms with Crippen LogP contribution < -0.4 is 5.32 Å². The summed E-state index contributed by atoms with van der Waals surface area (Å²) in [5.41, 5.74) is 1.15. The predicted octanol–water partition coefficient (Wildman–Crippen LogP) is 5.42. The van der Waals surface area contributed by atoms with Gasteiger partial charge in [0, 0.05) is 22.5 Å². The topological polar surface area (TPSA) is 90.1 Å². The van der Waals surface area contributed by atoms with Gasteiger partial charge in [0.25, 0.3) is 5.22 Å². The molecular formula is C19H19ClN4O3S. The summed E-state index contributed by atoms with van der Waals surface area (Å²) in [6.07, 6.45) is 0.967. The Kier molecular flexibility index (Phi) is 6.21. The maximum absolute atomic E-state index is 11.9. The molecule has 0 aliphatic carbocycles. The van der Waals surface area contributed by atoms with E-state index in [9.17, 15) is 4.79 Å². The second-order valence-electron chi connectivity index (χ2n) is 6.84. The molecule has 0 fully saturated rings. The summed E-state index contributed by atoms with van der Waals surface area (Å²) in [6.45, 7) is 5.37. The first kappa shape index (κ1) is 20.2. The third kappa shape index (κ3) is 5.97. The third-order valence-electron chi connectivity index (χ3n) is 3.32. The van der Waals surface area contributed by atoms with E-state index in [-0.39, 0.29) is 0 Å². The number of anilines is 1. The lowest BCUT2D eigenvalue weighted by molar-refractivity contribution is 0.0635. The lowest BCUT2D eigenvalue weighted by atomic mass is 10.2. The van der Waals surface area contributed by atoms with Crippen molar-refractivity contribution in [2.24, 2.45) is 0 Å². The van der Waals surface area contributed by atoms with Crippen molar-refractivity contribution in [3.05, 3.63) is 53.2 Å². The number of benzene rings is 1. The molecule has 0 bridgehead atoms. The number of rotatable bonds is 5. The molecular weight excluding hydrogens is 400 g/mol. The molecule has 1 N–H and O–H groups in total. The first-order valence-electron chi connectivity index (χ1n) is 8.46. The van der Waals surface area contributed by atoms with Crippen LogP contribution in [0.25, 0.3) is 11.5 Å². The summed E-state index contributed by atoms with van der Waals surface area (Å²) in [5, 5.41) is 11.8. The molecule has 0 aliphatic rings. The molecule has 0 atom stereocenters. The predicted molar refractivity (Wildman–Crippen MR) is 108 cm³/mol. The largest absolute Gasteiger partial charge is 0.444 e. The Morgan fingerprint density at radius 3 is 2.68 bits per heavy atom. The second kappa shape index (κ2) is 8.62. The lowest BCUT2D eigenvalue weighted by Crippen LogP contribution is -2.27. The number of halogens is 1. The molecule has 0 radical (unpaired) electrons. The first-order valence-corrected chi connectivity index (χ1v) is 9.82. The minimum atomic E-state index is -0.593. The van der Waals surface area contributed by atoms with Crippen molar-refractivity contribution in [3.8, 4) is 11.5 Å². The summed E-state index contributed by atoms with van der Waals surface area (Å²) >= 11 is 7.32. The molecule has 1 aromatic carbocycles. The van der Waals surface area contributed by atoms with Gasteiger partial charge >= 0.3 is 6.09 Å². The molecule has 7 nitrogen and oxygen atoms in total. The van der Waals surface area contributed by atoms with Gasteiger partial charge in [-0.15, -0.1) is 10.2 Å². The number of carbonyl (C=O) groups is 1. The van der Waals surface area contributed by atoms with Crippen molar-refractivity contribution in [2.75, 3.05) is 5.32 Å². The van der Waals surface area contributed by atoms with Crippen molar-refractivity contribution < 1.29 is 13.9 Å². The van der Waals surface area contributed by atoms with E-state index in [2.05, 4.69) is 20.5 Å². The zero-order valence-electron chi connectivity index (χ0n) is 15.6. The highest BCUT2D eigenvalue weighted by molar-refractivity contribution is 7.98. The minimum Gasteiger partial charge on any atom is -0.444 e. The number of nitrogens with zero attached hydrogens (tertiary/aromatic N) is 3. The Balaban J connectivity index is 1.64. The highest BCUT2D eigenvalue weighted by Crippen LogP contribution is 2.27. The minimum absolute atomic E-state index is 0.334. The van der Waals surface area contributed by atoms with Gasteiger partial charge in [0.1, 0.15) is 11.4 Å². The zero-order chi connectivity index (χ0) is 20.1. The van der Waals surface area contributed by atoms with E-state index >= 15 is 0 Å². The van der Waals surface area contributed by atoms with Crippen molar-refractivity contribution in [2.45, 2.75) is 37.3 Å². The lowest BCUT2D eigenvalue weighted by Gasteiger charge is -2.19. The molecule has 3 rings (SSSR count). The van der Waals surface area contributed by atoms with Crippen LogP contribution >= 0.6 is 23.4 Å². The van der Waals surface area contributed by atoms with Crippen LogP contribution in [0, 0.1) is 0 Å². The molecule has 146 valence electrons. The van der Waals surface area contributed by atoms with Crippen LogP contribution in [-0.4, -0.2) is 26.9 Å². The summed E-state index contributed by atoms with van der Waals surface area (Å²) < 4.78 is 10.9. The number of thioether (sulfide) groups is 1. The zero-order valence-corrected chi connectivity index (χ0v) is 17.2. The van der Waals surface area contributed by atoms with Crippen molar-refractivity contribution in [3.63, 3.8) is 0 Å². The summed E-state index contributed by atoms with van der Waals surface area (Å²) in [5.74, 6) is 1.36. The van der Waals surface area contributed by atoms with Gasteiger partial charge in [0.05, 0.1) is 0 Å². The Hall–Kier alpha value is -2.58. The maximum Gasteiger partial charge on any atom is 0.413 e. The molecule has 0 unspecified atom stereocenters. The van der Waals surface area contributed by atoms with Crippen LogP contribution in [0.4, 0.5) is 10.6 Å². The van der Waals surface area contributed by atoms with Crippen LogP contribution in [0.2, 0.25) is 5.02 Å². The first-order chi connectivity index (χ1) is 13.3. The van der Waals surface area contributed by atoms with Crippen LogP contribution in [0.15, 0.2) is 52.2 Å². The molecule has 3 aromatic rings. The number of nitrogens with one attached hydrogen (secondary N) is 1. The van der Waals surface area contributed by atoms with E-state index in [0.29, 0.717) is 33.3 Å². The number of pyridine rings is 1. The Labute approximate surface area is 171 Å². The molecule has 28 heavy (non-hydrogen) atoms. The fraction of sp³-hybridized carbons (Fsp3) is 0.263. The molecule has 2 aromatic heterocycles. The van der Waals surface area contributed by atoms with E-state index in [1.165, 1.54) is 11.8 Å². The van der Waals surface area contributed by atoms with E-state index in [1.807, 2.05) is 24.3 Å². The van der Waals surface area contributed by atoms with Crippen molar-refractivity contribution >= 4 is 35.3 Å². The van der Waals surface area contributed by atoms with Gasteiger partial charge in [-0.25, -0.2) is 9.78 Å². The van der Waals surface area contributed by atoms with E-state index in [0.717, 1.165) is 5.56 Å².